The summed E-state index contributed by atoms with van der Waals surface area (Å²) < 4.78 is 36.5. The number of nitrogens with zero attached hydrogens (tertiary/aromatic N) is 4. The van der Waals surface area contributed by atoms with Gasteiger partial charge in [-0.05, 0) is 61.1 Å². The van der Waals surface area contributed by atoms with Gasteiger partial charge in [0.25, 0.3) is 5.91 Å². The molecule has 0 saturated carbocycles. The smallest absolute Gasteiger partial charge is 0.336 e. The van der Waals surface area contributed by atoms with Crippen molar-refractivity contribution in [2.75, 3.05) is 45.9 Å². The van der Waals surface area contributed by atoms with Gasteiger partial charge in [0.1, 0.15) is 0 Å². The van der Waals surface area contributed by atoms with Crippen molar-refractivity contribution >= 4 is 27.8 Å². The molecule has 2 fully saturated rings. The number of aromatic carboxylic acids is 1. The van der Waals surface area contributed by atoms with Gasteiger partial charge in [0.15, 0.2) is 0 Å². The van der Waals surface area contributed by atoms with Crippen LogP contribution >= 0.6 is 0 Å². The van der Waals surface area contributed by atoms with Crippen LogP contribution in [0.25, 0.3) is 0 Å². The maximum absolute atomic E-state index is 13.8. The average molecular weight is 616 g/mol. The maximum Gasteiger partial charge on any atom is 0.336 e. The van der Waals surface area contributed by atoms with E-state index in [4.69, 9.17) is 9.84 Å². The first-order valence-electron chi connectivity index (χ1n) is 15.0. The Bertz CT molecular complexity index is 1500. The fourth-order valence-electron chi connectivity index (χ4n) is 6.63. The number of sulfonamides is 1. The molecular weight excluding hydrogens is 574 g/mol. The highest BCUT2D eigenvalue weighted by Gasteiger charge is 2.40. The molecule has 0 aliphatic carbocycles. The Morgan fingerprint density at radius 3 is 2.49 bits per heavy atom. The minimum absolute atomic E-state index is 0.0235. The molecule has 4 heterocycles. The van der Waals surface area contributed by atoms with Crippen LogP contribution in [0.15, 0.2) is 23.1 Å². The molecule has 1 aromatic heterocycles. The Kier molecular flexibility index (Phi) is 8.96. The van der Waals surface area contributed by atoms with Crippen LogP contribution in [0.4, 0.5) is 0 Å². The summed E-state index contributed by atoms with van der Waals surface area (Å²) in [7, 11) is -4.02. The summed E-state index contributed by atoms with van der Waals surface area (Å²) in [4.78, 5) is 38.9. The lowest BCUT2D eigenvalue weighted by atomic mass is 9.76. The number of carbonyl (C=O) groups is 3. The lowest BCUT2D eigenvalue weighted by molar-refractivity contribution is -0.129. The zero-order valence-corrected chi connectivity index (χ0v) is 25.9. The number of amides is 2. The quantitative estimate of drug-likeness (QED) is 0.458. The molecule has 2 amide bonds. The molecule has 3 aliphatic rings. The van der Waals surface area contributed by atoms with Crippen LogP contribution in [0.2, 0.25) is 0 Å². The van der Waals surface area contributed by atoms with Gasteiger partial charge in [0.2, 0.25) is 15.9 Å². The fraction of sp³-hybridized carbons (Fsp3) is 0.600. The largest absolute Gasteiger partial charge is 0.478 e. The highest BCUT2D eigenvalue weighted by Crippen LogP contribution is 2.38. The van der Waals surface area contributed by atoms with Crippen molar-refractivity contribution in [1.29, 1.82) is 0 Å². The van der Waals surface area contributed by atoms with Gasteiger partial charge in [-0.15, -0.1) is 0 Å². The summed E-state index contributed by atoms with van der Waals surface area (Å²) in [6.07, 6.45) is 3.13. The standard InChI is InChI=1S/C30H41N5O7S/c1-4-24-27-25(17-30(19-31-28(27)37)8-14-42-15-9-30)35(32-24)18-20(2)16-23-22(29(38)39)6-5-7-26(23)43(40,41)34-12-10-33(11-13-34)21(3)36/h5-7,20H,4,8-19H2,1-3H3,(H,31,37)(H,38,39)/t20-/m1/s1. The second kappa shape index (κ2) is 12.4. The molecule has 5 rings (SSSR count). The Hall–Kier alpha value is -3.29. The number of carboxylic acids is 1. The third-order valence-corrected chi connectivity index (χ3v) is 11.1. The molecular formula is C30H41N5O7S. The number of fused-ring (bicyclic) bond motifs is 1. The van der Waals surface area contributed by atoms with E-state index in [9.17, 15) is 27.9 Å². The second-order valence-corrected chi connectivity index (χ2v) is 14.0. The van der Waals surface area contributed by atoms with E-state index in [1.807, 2.05) is 18.5 Å². The first-order chi connectivity index (χ1) is 20.5. The summed E-state index contributed by atoms with van der Waals surface area (Å²) in [6.45, 7) is 8.48. The first-order valence-corrected chi connectivity index (χ1v) is 16.4. The van der Waals surface area contributed by atoms with Crippen LogP contribution in [-0.4, -0.2) is 96.2 Å². The predicted octanol–water partition coefficient (Wildman–Crippen LogP) is 1.96. The number of piperazine rings is 1. The predicted molar refractivity (Wildman–Crippen MR) is 157 cm³/mol. The molecule has 3 aliphatic heterocycles. The summed E-state index contributed by atoms with van der Waals surface area (Å²) in [6, 6.07) is 4.37. The number of ether oxygens (including phenoxy) is 1. The lowest BCUT2D eigenvalue weighted by Crippen LogP contribution is -2.50. The molecule has 1 aromatic carbocycles. The first kappa shape index (κ1) is 31.1. The number of hydrogen-bond donors (Lipinski definition) is 2. The minimum Gasteiger partial charge on any atom is -0.478 e. The lowest BCUT2D eigenvalue weighted by Gasteiger charge is -2.36. The molecule has 0 unspecified atom stereocenters. The van der Waals surface area contributed by atoms with E-state index < -0.39 is 16.0 Å². The number of aromatic nitrogens is 2. The summed E-state index contributed by atoms with van der Waals surface area (Å²) >= 11 is 0. The van der Waals surface area contributed by atoms with Crippen molar-refractivity contribution in [3.05, 3.63) is 46.3 Å². The van der Waals surface area contributed by atoms with Gasteiger partial charge >= 0.3 is 5.97 Å². The number of rotatable bonds is 8. The molecule has 12 nitrogen and oxygen atoms in total. The van der Waals surface area contributed by atoms with E-state index in [-0.39, 0.29) is 71.8 Å². The summed E-state index contributed by atoms with van der Waals surface area (Å²) in [5.74, 6) is -1.62. The van der Waals surface area contributed by atoms with Crippen LogP contribution in [0, 0.1) is 11.3 Å². The van der Waals surface area contributed by atoms with Crippen LogP contribution in [-0.2, 0) is 45.4 Å². The van der Waals surface area contributed by atoms with E-state index >= 15 is 0 Å². The minimum atomic E-state index is -4.02. The van der Waals surface area contributed by atoms with Crippen molar-refractivity contribution in [2.45, 2.75) is 64.3 Å². The average Bonchev–Trinajstić information content (AvgIpc) is 3.25. The van der Waals surface area contributed by atoms with Gasteiger partial charge in [-0.2, -0.15) is 9.40 Å². The molecule has 43 heavy (non-hydrogen) atoms. The third-order valence-electron chi connectivity index (χ3n) is 9.11. The highest BCUT2D eigenvalue weighted by atomic mass is 32.2. The van der Waals surface area contributed by atoms with Gasteiger partial charge < -0.3 is 20.1 Å². The molecule has 2 saturated heterocycles. The van der Waals surface area contributed by atoms with Gasteiger partial charge in [-0.3, -0.25) is 14.3 Å². The van der Waals surface area contributed by atoms with E-state index in [1.165, 1.54) is 29.4 Å². The zero-order chi connectivity index (χ0) is 30.9. The number of hydrogen-bond acceptors (Lipinski definition) is 7. The van der Waals surface area contributed by atoms with E-state index in [1.54, 1.807) is 4.90 Å². The normalized spacial score (nSPS) is 19.9. The Balaban J connectivity index is 1.45. The number of benzene rings is 1. The van der Waals surface area contributed by atoms with Crippen LogP contribution in [0.3, 0.4) is 0 Å². The molecule has 2 N–H and O–H groups in total. The molecule has 2 aromatic rings. The van der Waals surface area contributed by atoms with Crippen molar-refractivity contribution in [2.24, 2.45) is 11.3 Å². The second-order valence-electron chi connectivity index (χ2n) is 12.1. The fourth-order valence-corrected chi connectivity index (χ4v) is 8.31. The molecule has 13 heteroatoms. The molecule has 0 radical (unpaired) electrons. The van der Waals surface area contributed by atoms with Crippen molar-refractivity contribution in [1.82, 2.24) is 24.3 Å². The molecule has 0 bridgehead atoms. The van der Waals surface area contributed by atoms with E-state index in [0.717, 1.165) is 24.2 Å². The van der Waals surface area contributed by atoms with Crippen LogP contribution < -0.4 is 5.32 Å². The molecule has 1 spiro atoms. The highest BCUT2D eigenvalue weighted by molar-refractivity contribution is 7.89. The maximum atomic E-state index is 13.8. The SMILES string of the molecule is CCc1nn(C[C@H](C)Cc2c(C(=O)O)cccc2S(=O)(=O)N2CCN(C(C)=O)CC2)c2c1C(=O)NCC1(CCOCC1)C2. The van der Waals surface area contributed by atoms with Crippen molar-refractivity contribution in [3.63, 3.8) is 0 Å². The summed E-state index contributed by atoms with van der Waals surface area (Å²) in [5.41, 5.74) is 2.31. The summed E-state index contributed by atoms with van der Waals surface area (Å²) in [5, 5.41) is 18.0. The van der Waals surface area contributed by atoms with E-state index in [0.29, 0.717) is 44.7 Å². The van der Waals surface area contributed by atoms with Crippen molar-refractivity contribution in [3.8, 4) is 0 Å². The van der Waals surface area contributed by atoms with Gasteiger partial charge in [-0.25, -0.2) is 13.2 Å². The number of nitrogens with one attached hydrogen (secondary N) is 1. The Morgan fingerprint density at radius 1 is 1.16 bits per heavy atom. The van der Waals surface area contributed by atoms with Crippen LogP contribution in [0.5, 0.6) is 0 Å². The Labute approximate surface area is 252 Å². The monoisotopic (exact) mass is 615 g/mol. The number of carboxylic acid groups (broad SMARTS) is 1. The van der Waals surface area contributed by atoms with Crippen LogP contribution in [0.1, 0.15) is 71.3 Å². The third kappa shape index (κ3) is 6.20. The van der Waals surface area contributed by atoms with Gasteiger partial charge in [-0.1, -0.05) is 19.9 Å². The van der Waals surface area contributed by atoms with Gasteiger partial charge in [0, 0.05) is 59.4 Å². The molecule has 234 valence electrons. The number of aryl methyl sites for hydroxylation is 1. The Morgan fingerprint density at radius 2 is 1.86 bits per heavy atom. The van der Waals surface area contributed by atoms with Gasteiger partial charge in [0.05, 0.1) is 27.4 Å². The zero-order valence-electron chi connectivity index (χ0n) is 25.1. The topological polar surface area (TPSA) is 151 Å². The van der Waals surface area contributed by atoms with E-state index in [2.05, 4.69) is 5.32 Å². The number of carbonyl (C=O) groups excluding carboxylic acids is 2. The van der Waals surface area contributed by atoms with Crippen molar-refractivity contribution < 1.29 is 32.6 Å². The molecule has 1 atom stereocenters.